The van der Waals surface area contributed by atoms with Gasteiger partial charge in [-0.1, -0.05) is 0 Å². The zero-order valence-corrected chi connectivity index (χ0v) is 12.7. The number of likely N-dealkylation sites (tertiary alicyclic amines) is 1. The van der Waals surface area contributed by atoms with E-state index in [2.05, 4.69) is 27.2 Å². The summed E-state index contributed by atoms with van der Waals surface area (Å²) in [6.07, 6.45) is 3.33. The van der Waals surface area contributed by atoms with E-state index < -0.39 is 4.92 Å². The minimum Gasteiger partial charge on any atom is -0.364 e. The fourth-order valence-corrected chi connectivity index (χ4v) is 2.65. The number of rotatable bonds is 5. The molecule has 1 aromatic heterocycles. The highest BCUT2D eigenvalue weighted by Crippen LogP contribution is 2.33. The molecule has 0 radical (unpaired) electrons. The van der Waals surface area contributed by atoms with Gasteiger partial charge < -0.3 is 15.1 Å². The molecule has 2 heterocycles. The number of piperidine rings is 1. The van der Waals surface area contributed by atoms with Crippen molar-refractivity contribution < 1.29 is 4.92 Å². The Morgan fingerprint density at radius 3 is 2.71 bits per heavy atom. The Balaban J connectivity index is 2.29. The maximum absolute atomic E-state index is 11.4. The molecule has 116 valence electrons. The molecule has 1 aromatic rings. The van der Waals surface area contributed by atoms with Gasteiger partial charge in [0, 0.05) is 19.6 Å². The van der Waals surface area contributed by atoms with Crippen molar-refractivity contribution in [3.63, 3.8) is 0 Å². The molecule has 21 heavy (non-hydrogen) atoms. The Bertz CT molecular complexity index is 501. The van der Waals surface area contributed by atoms with Crippen LogP contribution >= 0.6 is 0 Å². The molecule has 0 bridgehead atoms. The fraction of sp³-hybridized carbons (Fsp3) is 0.692. The Labute approximate surface area is 124 Å². The summed E-state index contributed by atoms with van der Waals surface area (Å²) in [5.74, 6) is 0.674. The Morgan fingerprint density at radius 2 is 2.14 bits per heavy atom. The molecular weight excluding hydrogens is 272 g/mol. The standard InChI is InChI=1S/C13H22N6O2/c1-4-14-12-11(19(20)21)13(16-9-15-12)18(3)10-5-7-17(2)8-6-10/h9-10H,4-8H2,1-3H3,(H,14,15,16). The Hall–Kier alpha value is -1.96. The summed E-state index contributed by atoms with van der Waals surface area (Å²) in [6, 6.07) is 0.268. The van der Waals surface area contributed by atoms with Gasteiger partial charge in [-0.2, -0.15) is 0 Å². The molecule has 0 aliphatic carbocycles. The van der Waals surface area contributed by atoms with Crippen LogP contribution in [0.3, 0.4) is 0 Å². The molecule has 1 saturated heterocycles. The minimum absolute atomic E-state index is 0.0409. The third-order valence-electron chi connectivity index (χ3n) is 3.90. The van der Waals surface area contributed by atoms with Crippen LogP contribution in [0.5, 0.6) is 0 Å². The first-order valence-corrected chi connectivity index (χ1v) is 7.19. The minimum atomic E-state index is -0.404. The van der Waals surface area contributed by atoms with E-state index in [-0.39, 0.29) is 17.5 Å². The number of nitrogens with zero attached hydrogens (tertiary/aromatic N) is 5. The van der Waals surface area contributed by atoms with E-state index in [9.17, 15) is 10.1 Å². The van der Waals surface area contributed by atoms with Crippen LogP contribution in [0.1, 0.15) is 19.8 Å². The lowest BCUT2D eigenvalue weighted by Crippen LogP contribution is -2.42. The lowest BCUT2D eigenvalue weighted by molar-refractivity contribution is -0.383. The number of nitro groups is 1. The first-order chi connectivity index (χ1) is 10.0. The van der Waals surface area contributed by atoms with Gasteiger partial charge in [0.05, 0.1) is 4.92 Å². The van der Waals surface area contributed by atoms with Crippen molar-refractivity contribution >= 4 is 17.3 Å². The highest BCUT2D eigenvalue weighted by atomic mass is 16.6. The van der Waals surface area contributed by atoms with Crippen LogP contribution in [0.25, 0.3) is 0 Å². The third-order valence-corrected chi connectivity index (χ3v) is 3.90. The summed E-state index contributed by atoms with van der Waals surface area (Å²) in [6.45, 7) is 4.45. The highest BCUT2D eigenvalue weighted by Gasteiger charge is 2.30. The molecule has 1 aliphatic rings. The second-order valence-corrected chi connectivity index (χ2v) is 5.33. The van der Waals surface area contributed by atoms with E-state index in [1.54, 1.807) is 0 Å². The SMILES string of the molecule is CCNc1ncnc(N(C)C2CCN(C)CC2)c1[N+](=O)[O-]. The molecule has 1 fully saturated rings. The largest absolute Gasteiger partial charge is 0.364 e. The van der Waals surface area contributed by atoms with Gasteiger partial charge in [0.25, 0.3) is 0 Å². The van der Waals surface area contributed by atoms with Crippen molar-refractivity contribution in [3.8, 4) is 0 Å². The molecule has 1 N–H and O–H groups in total. The maximum atomic E-state index is 11.4. The van der Waals surface area contributed by atoms with Crippen molar-refractivity contribution in [3.05, 3.63) is 16.4 Å². The van der Waals surface area contributed by atoms with Gasteiger partial charge in [-0.15, -0.1) is 0 Å². The average molecular weight is 294 g/mol. The summed E-state index contributed by atoms with van der Waals surface area (Å²) in [5.41, 5.74) is -0.0409. The lowest BCUT2D eigenvalue weighted by Gasteiger charge is -2.35. The monoisotopic (exact) mass is 294 g/mol. The molecule has 0 unspecified atom stereocenters. The van der Waals surface area contributed by atoms with Gasteiger partial charge in [0.2, 0.25) is 11.6 Å². The van der Waals surface area contributed by atoms with Crippen molar-refractivity contribution in [1.82, 2.24) is 14.9 Å². The Kier molecular flexibility index (Phi) is 4.89. The first-order valence-electron chi connectivity index (χ1n) is 7.19. The van der Waals surface area contributed by atoms with Crippen LogP contribution in [-0.4, -0.2) is 59.6 Å². The van der Waals surface area contributed by atoms with E-state index in [4.69, 9.17) is 0 Å². The van der Waals surface area contributed by atoms with E-state index in [0.717, 1.165) is 25.9 Å². The zero-order valence-electron chi connectivity index (χ0n) is 12.7. The predicted octanol–water partition coefficient (Wildman–Crippen LogP) is 1.35. The summed E-state index contributed by atoms with van der Waals surface area (Å²) < 4.78 is 0. The fourth-order valence-electron chi connectivity index (χ4n) is 2.65. The van der Waals surface area contributed by atoms with Crippen LogP contribution in [0, 0.1) is 10.1 Å². The van der Waals surface area contributed by atoms with Gasteiger partial charge in [0.15, 0.2) is 0 Å². The van der Waals surface area contributed by atoms with E-state index in [1.165, 1.54) is 6.33 Å². The normalized spacial score (nSPS) is 16.7. The molecule has 1 aliphatic heterocycles. The van der Waals surface area contributed by atoms with Gasteiger partial charge >= 0.3 is 5.69 Å². The number of aromatic nitrogens is 2. The first kappa shape index (κ1) is 15.4. The maximum Gasteiger partial charge on any atom is 0.353 e. The van der Waals surface area contributed by atoms with Crippen LogP contribution in [0.15, 0.2) is 6.33 Å². The van der Waals surface area contributed by atoms with Gasteiger partial charge in [-0.25, -0.2) is 9.97 Å². The van der Waals surface area contributed by atoms with Crippen molar-refractivity contribution in [2.45, 2.75) is 25.8 Å². The van der Waals surface area contributed by atoms with Crippen LogP contribution in [0.4, 0.5) is 17.3 Å². The number of nitrogens with one attached hydrogen (secondary N) is 1. The van der Waals surface area contributed by atoms with Gasteiger partial charge in [0.1, 0.15) is 6.33 Å². The number of hydrogen-bond donors (Lipinski definition) is 1. The van der Waals surface area contributed by atoms with E-state index >= 15 is 0 Å². The van der Waals surface area contributed by atoms with E-state index in [1.807, 2.05) is 18.9 Å². The predicted molar refractivity (Wildman–Crippen MR) is 81.8 cm³/mol. The number of anilines is 2. The topological polar surface area (TPSA) is 87.4 Å². The molecule has 0 aromatic carbocycles. The highest BCUT2D eigenvalue weighted by molar-refractivity contribution is 5.70. The van der Waals surface area contributed by atoms with Crippen molar-refractivity contribution in [2.24, 2.45) is 0 Å². The summed E-state index contributed by atoms with van der Waals surface area (Å²) >= 11 is 0. The van der Waals surface area contributed by atoms with Crippen molar-refractivity contribution in [1.29, 1.82) is 0 Å². The number of hydrogen-bond acceptors (Lipinski definition) is 7. The molecule has 8 nitrogen and oxygen atoms in total. The lowest BCUT2D eigenvalue weighted by atomic mass is 10.0. The second-order valence-electron chi connectivity index (χ2n) is 5.33. The summed E-state index contributed by atoms with van der Waals surface area (Å²) in [7, 11) is 3.97. The van der Waals surface area contributed by atoms with Crippen LogP contribution in [-0.2, 0) is 0 Å². The zero-order chi connectivity index (χ0) is 15.4. The smallest absolute Gasteiger partial charge is 0.353 e. The average Bonchev–Trinajstić information content (AvgIpc) is 2.47. The van der Waals surface area contributed by atoms with Gasteiger partial charge in [-0.3, -0.25) is 10.1 Å². The third kappa shape index (κ3) is 3.38. The summed E-state index contributed by atoms with van der Waals surface area (Å²) in [4.78, 5) is 23.3. The van der Waals surface area contributed by atoms with Crippen LogP contribution in [0.2, 0.25) is 0 Å². The molecule has 0 atom stereocenters. The molecule has 0 spiro atoms. The second kappa shape index (κ2) is 6.66. The van der Waals surface area contributed by atoms with Crippen LogP contribution < -0.4 is 10.2 Å². The quantitative estimate of drug-likeness (QED) is 0.647. The molecule has 8 heteroatoms. The van der Waals surface area contributed by atoms with E-state index in [0.29, 0.717) is 12.4 Å². The molecule has 0 saturated carbocycles. The molecule has 0 amide bonds. The molecular formula is C13H22N6O2. The summed E-state index contributed by atoms with van der Waals surface area (Å²) in [5, 5.41) is 14.3. The van der Waals surface area contributed by atoms with Gasteiger partial charge in [-0.05, 0) is 39.9 Å². The molecule has 2 rings (SSSR count). The Morgan fingerprint density at radius 1 is 1.48 bits per heavy atom. The van der Waals surface area contributed by atoms with Crippen molar-refractivity contribution in [2.75, 3.05) is 43.9 Å².